The van der Waals surface area contributed by atoms with Crippen LogP contribution in [-0.4, -0.2) is 54.6 Å². The van der Waals surface area contributed by atoms with Crippen molar-refractivity contribution in [2.24, 2.45) is 7.05 Å². The lowest BCUT2D eigenvalue weighted by Crippen LogP contribution is -2.28. The second kappa shape index (κ2) is 12.3. The number of amides is 1. The summed E-state index contributed by atoms with van der Waals surface area (Å²) in [4.78, 5) is 21.7. The fourth-order valence-electron chi connectivity index (χ4n) is 4.12. The van der Waals surface area contributed by atoms with Gasteiger partial charge in [0.05, 0.1) is 11.6 Å². The number of anilines is 2. The SMILES string of the molecule is Cc1ccc(-c2nccn2C)cc1NC(=O)c1ccc(OCc2cc(N(C)CCN(C)C)ccc2C#N)cc1. The summed E-state index contributed by atoms with van der Waals surface area (Å²) in [5.41, 5.74) is 5.58. The van der Waals surface area contributed by atoms with Crippen molar-refractivity contribution in [1.29, 1.82) is 5.26 Å². The molecule has 1 N–H and O–H groups in total. The van der Waals surface area contributed by atoms with Crippen LogP contribution in [0.3, 0.4) is 0 Å². The lowest BCUT2D eigenvalue weighted by atomic mass is 10.1. The van der Waals surface area contributed by atoms with Crippen LogP contribution in [-0.2, 0) is 13.7 Å². The highest BCUT2D eigenvalue weighted by Crippen LogP contribution is 2.25. The molecule has 200 valence electrons. The first-order chi connectivity index (χ1) is 18.7. The molecular formula is C31H34N6O2. The molecule has 1 aromatic heterocycles. The van der Waals surface area contributed by atoms with Gasteiger partial charge in [-0.2, -0.15) is 5.26 Å². The molecule has 4 rings (SSSR count). The number of aryl methyl sites for hydroxylation is 2. The first-order valence-electron chi connectivity index (χ1n) is 12.8. The van der Waals surface area contributed by atoms with Gasteiger partial charge in [0.1, 0.15) is 18.2 Å². The second-order valence-electron chi connectivity index (χ2n) is 9.84. The van der Waals surface area contributed by atoms with Crippen LogP contribution in [0.4, 0.5) is 11.4 Å². The fraction of sp³-hybridized carbons (Fsp3) is 0.258. The third kappa shape index (κ3) is 6.83. The summed E-state index contributed by atoms with van der Waals surface area (Å²) >= 11 is 0. The van der Waals surface area contributed by atoms with Gasteiger partial charge >= 0.3 is 0 Å². The number of rotatable bonds is 10. The molecule has 39 heavy (non-hydrogen) atoms. The fourth-order valence-corrected chi connectivity index (χ4v) is 4.12. The zero-order chi connectivity index (χ0) is 27.9. The molecule has 8 heteroatoms. The highest BCUT2D eigenvalue weighted by atomic mass is 16.5. The van der Waals surface area contributed by atoms with Crippen LogP contribution in [0, 0.1) is 18.3 Å². The summed E-state index contributed by atoms with van der Waals surface area (Å²) in [6.45, 7) is 4.01. The number of nitrogens with zero attached hydrogens (tertiary/aromatic N) is 5. The predicted octanol–water partition coefficient (Wildman–Crippen LogP) is 5.10. The number of aromatic nitrogens is 2. The van der Waals surface area contributed by atoms with Crippen LogP contribution in [0.2, 0.25) is 0 Å². The normalized spacial score (nSPS) is 10.8. The summed E-state index contributed by atoms with van der Waals surface area (Å²) in [6.07, 6.45) is 3.64. The van der Waals surface area contributed by atoms with Crippen LogP contribution >= 0.6 is 0 Å². The van der Waals surface area contributed by atoms with E-state index >= 15 is 0 Å². The van der Waals surface area contributed by atoms with E-state index in [1.807, 2.05) is 82.3 Å². The van der Waals surface area contributed by atoms with Gasteiger partial charge in [0.2, 0.25) is 0 Å². The van der Waals surface area contributed by atoms with Crippen molar-refractivity contribution in [3.8, 4) is 23.2 Å². The molecule has 1 amide bonds. The van der Waals surface area contributed by atoms with Crippen LogP contribution in [0.5, 0.6) is 5.75 Å². The lowest BCUT2D eigenvalue weighted by molar-refractivity contribution is 0.102. The molecule has 0 aliphatic heterocycles. The van der Waals surface area contributed by atoms with E-state index in [0.29, 0.717) is 16.9 Å². The Morgan fingerprint density at radius 3 is 2.49 bits per heavy atom. The average Bonchev–Trinajstić information content (AvgIpc) is 3.37. The number of nitriles is 1. The molecule has 1 heterocycles. The van der Waals surface area contributed by atoms with Crippen molar-refractivity contribution < 1.29 is 9.53 Å². The van der Waals surface area contributed by atoms with Gasteiger partial charge in [-0.15, -0.1) is 0 Å². The van der Waals surface area contributed by atoms with E-state index in [4.69, 9.17) is 4.74 Å². The Balaban J connectivity index is 1.41. The second-order valence-corrected chi connectivity index (χ2v) is 9.84. The minimum atomic E-state index is -0.207. The Kier molecular flexibility index (Phi) is 8.64. The highest BCUT2D eigenvalue weighted by molar-refractivity contribution is 6.05. The van der Waals surface area contributed by atoms with Gasteiger partial charge in [-0.3, -0.25) is 4.79 Å². The maximum atomic E-state index is 13.0. The molecule has 0 radical (unpaired) electrons. The van der Waals surface area contributed by atoms with E-state index in [1.54, 1.807) is 30.5 Å². The number of likely N-dealkylation sites (N-methyl/N-ethyl adjacent to an activating group) is 2. The molecule has 0 spiro atoms. The number of imidazole rings is 1. The Morgan fingerprint density at radius 2 is 1.82 bits per heavy atom. The van der Waals surface area contributed by atoms with Crippen LogP contribution < -0.4 is 15.0 Å². The van der Waals surface area contributed by atoms with Crippen molar-refractivity contribution >= 4 is 17.3 Å². The molecule has 0 unspecified atom stereocenters. The molecule has 8 nitrogen and oxygen atoms in total. The zero-order valence-electron chi connectivity index (χ0n) is 23.1. The summed E-state index contributed by atoms with van der Waals surface area (Å²) in [5.74, 6) is 1.24. The largest absolute Gasteiger partial charge is 0.489 e. The predicted molar refractivity (Wildman–Crippen MR) is 155 cm³/mol. The first-order valence-corrected chi connectivity index (χ1v) is 12.8. The van der Waals surface area contributed by atoms with Gasteiger partial charge < -0.3 is 24.4 Å². The number of carbonyl (C=O) groups excluding carboxylic acids is 1. The number of ether oxygens (including phenoxy) is 1. The minimum absolute atomic E-state index is 0.207. The Hall–Kier alpha value is -4.61. The molecular weight excluding hydrogens is 488 g/mol. The number of nitrogens with one attached hydrogen (secondary N) is 1. The summed E-state index contributed by atoms with van der Waals surface area (Å²) in [5, 5.41) is 12.6. The topological polar surface area (TPSA) is 86.4 Å². The van der Waals surface area contributed by atoms with E-state index in [9.17, 15) is 10.1 Å². The third-order valence-corrected chi connectivity index (χ3v) is 6.61. The van der Waals surface area contributed by atoms with Gasteiger partial charge in [-0.1, -0.05) is 12.1 Å². The van der Waals surface area contributed by atoms with Gasteiger partial charge in [0.25, 0.3) is 5.91 Å². The third-order valence-electron chi connectivity index (χ3n) is 6.61. The summed E-state index contributed by atoms with van der Waals surface area (Å²) in [6, 6.07) is 21.0. The van der Waals surface area contributed by atoms with Gasteiger partial charge in [-0.25, -0.2) is 4.98 Å². The number of carbonyl (C=O) groups is 1. The Morgan fingerprint density at radius 1 is 1.05 bits per heavy atom. The van der Waals surface area contributed by atoms with E-state index in [1.165, 1.54) is 0 Å². The van der Waals surface area contributed by atoms with E-state index in [0.717, 1.165) is 47.0 Å². The van der Waals surface area contributed by atoms with Gasteiger partial charge in [0, 0.05) is 67.6 Å². The maximum Gasteiger partial charge on any atom is 0.255 e. The Labute approximate surface area is 230 Å². The number of benzene rings is 3. The molecule has 0 saturated heterocycles. The zero-order valence-corrected chi connectivity index (χ0v) is 23.1. The number of hydrogen-bond donors (Lipinski definition) is 1. The van der Waals surface area contributed by atoms with Gasteiger partial charge in [-0.05, 0) is 75.1 Å². The van der Waals surface area contributed by atoms with Crippen molar-refractivity contribution in [2.75, 3.05) is 44.4 Å². The van der Waals surface area contributed by atoms with Crippen molar-refractivity contribution in [3.05, 3.63) is 95.3 Å². The molecule has 0 saturated carbocycles. The lowest BCUT2D eigenvalue weighted by Gasteiger charge is -2.22. The summed E-state index contributed by atoms with van der Waals surface area (Å²) in [7, 11) is 8.06. The molecule has 3 aromatic carbocycles. The maximum absolute atomic E-state index is 13.0. The van der Waals surface area contributed by atoms with E-state index < -0.39 is 0 Å². The molecule has 0 atom stereocenters. The quantitative estimate of drug-likeness (QED) is 0.312. The first kappa shape index (κ1) is 27.4. The van der Waals surface area contributed by atoms with Crippen LogP contribution in [0.15, 0.2) is 73.1 Å². The minimum Gasteiger partial charge on any atom is -0.489 e. The molecule has 4 aromatic rings. The Bertz CT molecular complexity index is 1480. The van der Waals surface area contributed by atoms with E-state index in [-0.39, 0.29) is 12.5 Å². The van der Waals surface area contributed by atoms with Crippen molar-refractivity contribution in [3.63, 3.8) is 0 Å². The average molecular weight is 523 g/mol. The molecule has 0 fully saturated rings. The van der Waals surface area contributed by atoms with Crippen molar-refractivity contribution in [2.45, 2.75) is 13.5 Å². The summed E-state index contributed by atoms with van der Waals surface area (Å²) < 4.78 is 7.93. The van der Waals surface area contributed by atoms with E-state index in [2.05, 4.69) is 26.2 Å². The number of hydrogen-bond acceptors (Lipinski definition) is 6. The van der Waals surface area contributed by atoms with Crippen molar-refractivity contribution in [1.82, 2.24) is 14.5 Å². The van der Waals surface area contributed by atoms with Gasteiger partial charge in [0.15, 0.2) is 0 Å². The highest BCUT2D eigenvalue weighted by Gasteiger charge is 2.12. The van der Waals surface area contributed by atoms with Crippen LogP contribution in [0.1, 0.15) is 27.0 Å². The van der Waals surface area contributed by atoms with Crippen LogP contribution in [0.25, 0.3) is 11.4 Å². The smallest absolute Gasteiger partial charge is 0.255 e. The molecule has 0 aliphatic rings. The molecule has 0 bridgehead atoms. The monoisotopic (exact) mass is 522 g/mol. The molecule has 0 aliphatic carbocycles. The standard InChI is InChI=1S/C31H34N6O2/c1-22-6-7-24(30-33-14-15-37(30)5)19-29(22)34-31(38)23-9-12-28(13-10-23)39-21-26-18-27(11-8-25(26)20-32)36(4)17-16-35(2)3/h6-15,18-19H,16-17,21H2,1-5H3,(H,34,38).